The summed E-state index contributed by atoms with van der Waals surface area (Å²) in [5, 5.41) is 19.8. The van der Waals surface area contributed by atoms with Crippen LogP contribution in [0.15, 0.2) is 54.7 Å². The van der Waals surface area contributed by atoms with Gasteiger partial charge >= 0.3 is 0 Å². The van der Waals surface area contributed by atoms with Gasteiger partial charge in [-0.2, -0.15) is 5.10 Å². The number of H-pyrrole nitrogens is 1. The van der Waals surface area contributed by atoms with E-state index in [-0.39, 0.29) is 17.9 Å². The van der Waals surface area contributed by atoms with Crippen molar-refractivity contribution in [2.24, 2.45) is 0 Å². The van der Waals surface area contributed by atoms with Crippen molar-refractivity contribution in [1.29, 1.82) is 0 Å². The van der Waals surface area contributed by atoms with E-state index in [9.17, 15) is 18.7 Å². The number of aromatic nitrogens is 2. The summed E-state index contributed by atoms with van der Waals surface area (Å²) in [7, 11) is 0. The summed E-state index contributed by atoms with van der Waals surface area (Å²) in [6, 6.07) is 11.1. The molecule has 0 aliphatic carbocycles. The minimum Gasteiger partial charge on any atom is -0.384 e. The Labute approximate surface area is 148 Å². The fourth-order valence-corrected chi connectivity index (χ4v) is 2.55. The Morgan fingerprint density at radius 3 is 2.31 bits per heavy atom. The third kappa shape index (κ3) is 3.78. The highest BCUT2D eigenvalue weighted by atomic mass is 19.1. The summed E-state index contributed by atoms with van der Waals surface area (Å²) >= 11 is 0. The lowest BCUT2D eigenvalue weighted by molar-refractivity contribution is 0.0526. The van der Waals surface area contributed by atoms with Crippen LogP contribution in [0.25, 0.3) is 11.3 Å². The van der Waals surface area contributed by atoms with Gasteiger partial charge in [-0.15, -0.1) is 0 Å². The lowest BCUT2D eigenvalue weighted by atomic mass is 9.96. The zero-order chi connectivity index (χ0) is 18.7. The summed E-state index contributed by atoms with van der Waals surface area (Å²) in [6.07, 6.45) is 1.36. The summed E-state index contributed by atoms with van der Waals surface area (Å²) in [5.41, 5.74) is 0.434. The van der Waals surface area contributed by atoms with Gasteiger partial charge < -0.3 is 10.4 Å². The topological polar surface area (TPSA) is 78.0 Å². The van der Waals surface area contributed by atoms with Crippen molar-refractivity contribution in [3.8, 4) is 11.3 Å². The van der Waals surface area contributed by atoms with Gasteiger partial charge in [-0.05, 0) is 48.9 Å². The first-order valence-corrected chi connectivity index (χ1v) is 7.93. The van der Waals surface area contributed by atoms with E-state index in [0.717, 1.165) is 0 Å². The van der Waals surface area contributed by atoms with Crippen molar-refractivity contribution in [2.45, 2.75) is 12.5 Å². The number of benzene rings is 2. The fraction of sp³-hybridized carbons (Fsp3) is 0.158. The number of aromatic amines is 1. The molecule has 0 saturated carbocycles. The molecular weight excluding hydrogens is 340 g/mol. The zero-order valence-corrected chi connectivity index (χ0v) is 14.0. The van der Waals surface area contributed by atoms with Gasteiger partial charge in [0.15, 0.2) is 0 Å². The molecule has 134 valence electrons. The van der Waals surface area contributed by atoms with E-state index >= 15 is 0 Å². The molecule has 1 amide bonds. The molecule has 26 heavy (non-hydrogen) atoms. The molecule has 3 N–H and O–H groups in total. The van der Waals surface area contributed by atoms with Gasteiger partial charge in [0.1, 0.15) is 17.2 Å². The van der Waals surface area contributed by atoms with Gasteiger partial charge in [-0.3, -0.25) is 9.89 Å². The maximum absolute atomic E-state index is 13.1. The number of rotatable bonds is 5. The van der Waals surface area contributed by atoms with Gasteiger partial charge in [0.25, 0.3) is 5.91 Å². The molecule has 0 aliphatic rings. The van der Waals surface area contributed by atoms with Crippen molar-refractivity contribution < 1.29 is 18.7 Å². The molecule has 0 spiro atoms. The maximum atomic E-state index is 13.1. The van der Waals surface area contributed by atoms with E-state index in [1.165, 1.54) is 61.7 Å². The largest absolute Gasteiger partial charge is 0.384 e. The molecule has 2 aromatic carbocycles. The highest BCUT2D eigenvalue weighted by molar-refractivity contribution is 5.99. The summed E-state index contributed by atoms with van der Waals surface area (Å²) in [4.78, 5) is 12.5. The van der Waals surface area contributed by atoms with Crippen molar-refractivity contribution >= 4 is 5.91 Å². The molecule has 3 rings (SSSR count). The molecule has 0 bridgehead atoms. The SMILES string of the molecule is C[C@@](O)(CNC(=O)c1cn[nH]c1-c1ccc(F)cc1)c1ccc(F)cc1. The number of hydrogen-bond donors (Lipinski definition) is 3. The summed E-state index contributed by atoms with van der Waals surface area (Å²) < 4.78 is 26.1. The van der Waals surface area contributed by atoms with Gasteiger partial charge in [0, 0.05) is 5.56 Å². The van der Waals surface area contributed by atoms with E-state index in [2.05, 4.69) is 15.5 Å². The van der Waals surface area contributed by atoms with Crippen LogP contribution in [-0.2, 0) is 5.60 Å². The number of amides is 1. The first-order valence-electron chi connectivity index (χ1n) is 7.93. The van der Waals surface area contributed by atoms with Crippen LogP contribution >= 0.6 is 0 Å². The highest BCUT2D eigenvalue weighted by Crippen LogP contribution is 2.23. The average molecular weight is 357 g/mol. The Bertz CT molecular complexity index is 903. The number of nitrogens with one attached hydrogen (secondary N) is 2. The number of halogens is 2. The average Bonchev–Trinajstić information content (AvgIpc) is 3.10. The third-order valence-corrected chi connectivity index (χ3v) is 4.08. The quantitative estimate of drug-likeness (QED) is 0.657. The van der Waals surface area contributed by atoms with Crippen molar-refractivity contribution in [1.82, 2.24) is 15.5 Å². The molecule has 0 aliphatic heterocycles. The molecule has 3 aromatic rings. The Balaban J connectivity index is 1.74. The molecular formula is C19H17F2N3O2. The maximum Gasteiger partial charge on any atom is 0.255 e. The Kier molecular flexibility index (Phi) is 4.81. The van der Waals surface area contributed by atoms with Crippen LogP contribution in [0.5, 0.6) is 0 Å². The lowest BCUT2D eigenvalue weighted by Gasteiger charge is -2.24. The van der Waals surface area contributed by atoms with Crippen molar-refractivity contribution in [3.05, 3.63) is 77.5 Å². The summed E-state index contributed by atoms with van der Waals surface area (Å²) in [6.45, 7) is 1.45. The van der Waals surface area contributed by atoms with Crippen LogP contribution in [0.3, 0.4) is 0 Å². The zero-order valence-electron chi connectivity index (χ0n) is 14.0. The molecule has 0 unspecified atom stereocenters. The van der Waals surface area contributed by atoms with E-state index in [4.69, 9.17) is 0 Å². The minimum atomic E-state index is -1.37. The molecule has 0 fully saturated rings. The molecule has 0 saturated heterocycles. The predicted molar refractivity (Wildman–Crippen MR) is 92.3 cm³/mol. The molecule has 7 heteroatoms. The van der Waals surface area contributed by atoms with E-state index in [1.54, 1.807) is 0 Å². The highest BCUT2D eigenvalue weighted by Gasteiger charge is 2.25. The van der Waals surface area contributed by atoms with Gasteiger partial charge in [-0.1, -0.05) is 12.1 Å². The monoisotopic (exact) mass is 357 g/mol. The number of aliphatic hydroxyl groups is 1. The summed E-state index contributed by atoms with van der Waals surface area (Å²) in [5.74, 6) is -1.23. The minimum absolute atomic E-state index is 0.0779. The van der Waals surface area contributed by atoms with E-state index in [1.807, 2.05) is 0 Å². The third-order valence-electron chi connectivity index (χ3n) is 4.08. The van der Waals surface area contributed by atoms with Gasteiger partial charge in [0.2, 0.25) is 0 Å². The number of carbonyl (C=O) groups is 1. The first kappa shape index (κ1) is 17.8. The fourth-order valence-electron chi connectivity index (χ4n) is 2.55. The van der Waals surface area contributed by atoms with Crippen LogP contribution in [0.4, 0.5) is 8.78 Å². The number of nitrogens with zero attached hydrogens (tertiary/aromatic N) is 1. The lowest BCUT2D eigenvalue weighted by Crippen LogP contribution is -2.38. The molecule has 1 heterocycles. The smallest absolute Gasteiger partial charge is 0.255 e. The second-order valence-electron chi connectivity index (χ2n) is 6.13. The van der Waals surface area contributed by atoms with E-state index < -0.39 is 17.3 Å². The number of carbonyl (C=O) groups excluding carboxylic acids is 1. The number of hydrogen-bond acceptors (Lipinski definition) is 3. The van der Waals surface area contributed by atoms with Gasteiger partial charge in [-0.25, -0.2) is 8.78 Å². The molecule has 0 radical (unpaired) electrons. The van der Waals surface area contributed by atoms with Crippen LogP contribution in [0.2, 0.25) is 0 Å². The van der Waals surface area contributed by atoms with Crippen molar-refractivity contribution in [3.63, 3.8) is 0 Å². The first-order chi connectivity index (χ1) is 12.4. The van der Waals surface area contributed by atoms with Gasteiger partial charge in [0.05, 0.1) is 24.0 Å². The molecule has 1 atom stereocenters. The molecule has 5 nitrogen and oxygen atoms in total. The predicted octanol–water partition coefficient (Wildman–Crippen LogP) is 2.99. The molecule has 1 aromatic heterocycles. The second-order valence-corrected chi connectivity index (χ2v) is 6.13. The van der Waals surface area contributed by atoms with Crippen LogP contribution in [-0.4, -0.2) is 27.8 Å². The second kappa shape index (κ2) is 7.05. The Morgan fingerprint density at radius 2 is 1.69 bits per heavy atom. The standard InChI is InChI=1S/C19H17F2N3O2/c1-19(26,13-4-8-15(21)9-5-13)11-22-18(25)16-10-23-24-17(16)12-2-6-14(20)7-3-12/h2-10,26H,11H2,1H3,(H,22,25)(H,23,24)/t19-/m1/s1. The van der Waals surface area contributed by atoms with Crippen LogP contribution < -0.4 is 5.32 Å². The van der Waals surface area contributed by atoms with Crippen molar-refractivity contribution in [2.75, 3.05) is 6.54 Å². The Morgan fingerprint density at radius 1 is 1.12 bits per heavy atom. The Hall–Kier alpha value is -3.06. The van der Waals surface area contributed by atoms with E-state index in [0.29, 0.717) is 16.8 Å². The van der Waals surface area contributed by atoms with Crippen LogP contribution in [0.1, 0.15) is 22.8 Å². The normalized spacial score (nSPS) is 13.2. The van der Waals surface area contributed by atoms with Crippen LogP contribution in [0, 0.1) is 11.6 Å².